The van der Waals surface area contributed by atoms with Crippen molar-refractivity contribution >= 4 is 18.8 Å². The van der Waals surface area contributed by atoms with E-state index in [0.29, 0.717) is 18.8 Å². The third-order valence-corrected chi connectivity index (χ3v) is 4.95. The van der Waals surface area contributed by atoms with Crippen LogP contribution < -0.4 is 5.32 Å². The first kappa shape index (κ1) is 20.2. The van der Waals surface area contributed by atoms with Crippen LogP contribution in [0.4, 0.5) is 0 Å². The van der Waals surface area contributed by atoms with E-state index in [0.717, 1.165) is 18.4 Å². The first-order valence-corrected chi connectivity index (χ1v) is 9.52. The molecule has 1 aliphatic carbocycles. The molecule has 1 aromatic heterocycles. The third kappa shape index (κ3) is 5.97. The van der Waals surface area contributed by atoms with Gasteiger partial charge in [0.25, 0.3) is 0 Å². The molecule has 0 aliphatic heterocycles. The number of hydrogen-bond donors (Lipinski definition) is 3. The first-order valence-electron chi connectivity index (χ1n) is 9.52. The topological polar surface area (TPSA) is 112 Å². The van der Waals surface area contributed by atoms with E-state index in [1.165, 1.54) is 18.6 Å². The normalized spacial score (nSPS) is 15.5. The van der Waals surface area contributed by atoms with Gasteiger partial charge in [-0.05, 0) is 24.3 Å². The van der Waals surface area contributed by atoms with Gasteiger partial charge >= 0.3 is 7.12 Å². The van der Waals surface area contributed by atoms with E-state index in [1.54, 1.807) is 0 Å². The van der Waals surface area contributed by atoms with Crippen molar-refractivity contribution in [2.24, 2.45) is 11.8 Å². The number of nitrogens with zero attached hydrogens (tertiary/aromatic N) is 2. The van der Waals surface area contributed by atoms with Crippen LogP contribution in [-0.4, -0.2) is 44.8 Å². The Kier molecular flexibility index (Phi) is 6.89. The summed E-state index contributed by atoms with van der Waals surface area (Å²) in [5.41, 5.74) is 1.14. The van der Waals surface area contributed by atoms with Crippen molar-refractivity contribution in [3.63, 3.8) is 0 Å². The van der Waals surface area contributed by atoms with Crippen LogP contribution in [0.3, 0.4) is 0 Å². The maximum absolute atomic E-state index is 12.9. The summed E-state index contributed by atoms with van der Waals surface area (Å²) in [6.45, 7) is 0. The van der Waals surface area contributed by atoms with Crippen LogP contribution in [-0.2, 0) is 11.2 Å². The second-order valence-corrected chi connectivity index (χ2v) is 7.31. The van der Waals surface area contributed by atoms with Crippen LogP contribution in [0.5, 0.6) is 0 Å². The highest BCUT2D eigenvalue weighted by atomic mass is 16.4. The predicted molar refractivity (Wildman–Crippen MR) is 104 cm³/mol. The molecule has 1 heterocycles. The van der Waals surface area contributed by atoms with Crippen LogP contribution in [0.2, 0.25) is 0 Å². The van der Waals surface area contributed by atoms with Gasteiger partial charge in [-0.25, -0.2) is 4.98 Å². The number of hydrogen-bond acceptors (Lipinski definition) is 6. The standard InChI is InChI=1S/C20H24BN3O4/c25-18(17-13-22-8-9-23-17)12-16(10-14-4-2-1-3-5-14)20(26)24-19(21(27)28)11-15-6-7-15/h1-5,8-9,13,15-16,19,27-28H,6-7,10-12H2,(H,24,26)/t16-,19+/m1/s1. The van der Waals surface area contributed by atoms with Crippen molar-refractivity contribution in [1.82, 2.24) is 15.3 Å². The summed E-state index contributed by atoms with van der Waals surface area (Å²) < 4.78 is 0. The predicted octanol–water partition coefficient (Wildman–Crippen LogP) is 1.21. The van der Waals surface area contributed by atoms with Crippen molar-refractivity contribution in [3.8, 4) is 0 Å². The lowest BCUT2D eigenvalue weighted by Crippen LogP contribution is -2.49. The Morgan fingerprint density at radius 1 is 1.18 bits per heavy atom. The van der Waals surface area contributed by atoms with Crippen LogP contribution in [0.25, 0.3) is 0 Å². The minimum atomic E-state index is -1.63. The highest BCUT2D eigenvalue weighted by molar-refractivity contribution is 6.43. The minimum Gasteiger partial charge on any atom is -0.426 e. The second kappa shape index (κ2) is 9.57. The number of aromatic nitrogens is 2. The van der Waals surface area contributed by atoms with E-state index in [-0.39, 0.29) is 23.8 Å². The molecule has 0 radical (unpaired) electrons. The molecule has 1 amide bonds. The summed E-state index contributed by atoms with van der Waals surface area (Å²) in [5.74, 6) is -1.59. The zero-order chi connectivity index (χ0) is 19.9. The fourth-order valence-electron chi connectivity index (χ4n) is 3.20. The molecular weight excluding hydrogens is 357 g/mol. The van der Waals surface area contributed by atoms with Gasteiger partial charge in [-0.3, -0.25) is 14.6 Å². The Balaban J connectivity index is 1.72. The fourth-order valence-corrected chi connectivity index (χ4v) is 3.20. The second-order valence-electron chi connectivity index (χ2n) is 7.31. The number of Topliss-reactive ketones (excluding diaryl/α,β-unsaturated/α-hetero) is 1. The monoisotopic (exact) mass is 381 g/mol. The Morgan fingerprint density at radius 2 is 1.93 bits per heavy atom. The number of ketones is 1. The van der Waals surface area contributed by atoms with Crippen LogP contribution in [0, 0.1) is 11.8 Å². The van der Waals surface area contributed by atoms with E-state index < -0.39 is 19.0 Å². The molecule has 146 valence electrons. The smallest absolute Gasteiger partial charge is 0.426 e. The lowest BCUT2D eigenvalue weighted by molar-refractivity contribution is -0.125. The van der Waals surface area contributed by atoms with Crippen molar-refractivity contribution in [2.45, 2.75) is 38.0 Å². The zero-order valence-electron chi connectivity index (χ0n) is 15.6. The molecule has 3 rings (SSSR count). The Bertz CT molecular complexity index is 785. The van der Waals surface area contributed by atoms with Crippen molar-refractivity contribution in [1.29, 1.82) is 0 Å². The van der Waals surface area contributed by atoms with E-state index in [2.05, 4.69) is 15.3 Å². The minimum absolute atomic E-state index is 0.0307. The van der Waals surface area contributed by atoms with Crippen molar-refractivity contribution in [2.75, 3.05) is 0 Å². The van der Waals surface area contributed by atoms with E-state index in [9.17, 15) is 19.6 Å². The third-order valence-electron chi connectivity index (χ3n) is 4.95. The highest BCUT2D eigenvalue weighted by Gasteiger charge is 2.34. The van der Waals surface area contributed by atoms with Gasteiger partial charge in [-0.1, -0.05) is 43.2 Å². The fraction of sp³-hybridized carbons (Fsp3) is 0.400. The molecule has 1 aromatic carbocycles. The molecule has 3 N–H and O–H groups in total. The molecule has 0 spiro atoms. The van der Waals surface area contributed by atoms with Gasteiger partial charge < -0.3 is 15.4 Å². The number of nitrogens with one attached hydrogen (secondary N) is 1. The number of amides is 1. The van der Waals surface area contributed by atoms with Gasteiger partial charge in [0.15, 0.2) is 5.78 Å². The van der Waals surface area contributed by atoms with Crippen molar-refractivity contribution < 1.29 is 19.6 Å². The van der Waals surface area contributed by atoms with Crippen LogP contribution in [0.15, 0.2) is 48.9 Å². The molecule has 0 unspecified atom stereocenters. The number of benzene rings is 1. The Hall–Kier alpha value is -2.58. The molecule has 28 heavy (non-hydrogen) atoms. The molecule has 0 bridgehead atoms. The van der Waals surface area contributed by atoms with Crippen LogP contribution >= 0.6 is 0 Å². The summed E-state index contributed by atoms with van der Waals surface area (Å²) in [7, 11) is -1.63. The van der Waals surface area contributed by atoms with Gasteiger partial charge in [-0.2, -0.15) is 0 Å². The van der Waals surface area contributed by atoms with Gasteiger partial charge in [0, 0.05) is 24.7 Å². The summed E-state index contributed by atoms with van der Waals surface area (Å²) in [4.78, 5) is 33.4. The number of carbonyl (C=O) groups excluding carboxylic acids is 2. The SMILES string of the molecule is O=C(C[C@@H](Cc1ccccc1)C(=O)N[C@@H](CC1CC1)B(O)O)c1cnccn1. The molecule has 1 saturated carbocycles. The molecular formula is C20H24BN3O4. The van der Waals surface area contributed by atoms with E-state index in [1.807, 2.05) is 30.3 Å². The van der Waals surface area contributed by atoms with Gasteiger partial charge in [0.2, 0.25) is 5.91 Å². The van der Waals surface area contributed by atoms with Crippen molar-refractivity contribution in [3.05, 3.63) is 60.2 Å². The molecule has 1 fully saturated rings. The summed E-state index contributed by atoms with van der Waals surface area (Å²) >= 11 is 0. The lowest BCUT2D eigenvalue weighted by atomic mass is 9.76. The average molecular weight is 381 g/mol. The maximum atomic E-state index is 12.9. The Labute approximate surface area is 164 Å². The van der Waals surface area contributed by atoms with E-state index in [4.69, 9.17) is 0 Å². The highest BCUT2D eigenvalue weighted by Crippen LogP contribution is 2.33. The summed E-state index contributed by atoms with van der Waals surface area (Å²) in [6.07, 6.45) is 7.25. The van der Waals surface area contributed by atoms with Crippen LogP contribution in [0.1, 0.15) is 41.7 Å². The maximum Gasteiger partial charge on any atom is 0.475 e. The molecule has 8 heteroatoms. The first-order chi connectivity index (χ1) is 13.5. The largest absolute Gasteiger partial charge is 0.475 e. The zero-order valence-corrected chi connectivity index (χ0v) is 15.6. The number of rotatable bonds is 10. The van der Waals surface area contributed by atoms with Gasteiger partial charge in [0.1, 0.15) is 5.69 Å². The van der Waals surface area contributed by atoms with Gasteiger partial charge in [-0.15, -0.1) is 0 Å². The number of carbonyl (C=O) groups is 2. The molecule has 1 aliphatic rings. The summed E-state index contributed by atoms with van der Waals surface area (Å²) in [5, 5.41) is 22.0. The van der Waals surface area contributed by atoms with E-state index >= 15 is 0 Å². The molecule has 2 atom stereocenters. The Morgan fingerprint density at radius 3 is 2.54 bits per heavy atom. The molecule has 2 aromatic rings. The summed E-state index contributed by atoms with van der Waals surface area (Å²) in [6, 6.07) is 9.44. The average Bonchev–Trinajstić information content (AvgIpc) is 3.52. The quantitative estimate of drug-likeness (QED) is 0.421. The molecule has 7 nitrogen and oxygen atoms in total. The molecule has 0 saturated heterocycles. The lowest BCUT2D eigenvalue weighted by Gasteiger charge is -2.22. The van der Waals surface area contributed by atoms with Gasteiger partial charge in [0.05, 0.1) is 12.1 Å².